The van der Waals surface area contributed by atoms with Gasteiger partial charge in [-0.2, -0.15) is 5.26 Å². The summed E-state index contributed by atoms with van der Waals surface area (Å²) in [5.41, 5.74) is -0.122. The molecule has 0 aliphatic rings. The predicted molar refractivity (Wildman–Crippen MR) is 62.3 cm³/mol. The Morgan fingerprint density at radius 2 is 2.28 bits per heavy atom. The molecule has 8 heteroatoms. The first kappa shape index (κ1) is 14.2. The number of carboxylic acids is 1. The number of hydrogen-bond donors (Lipinski definition) is 2. The van der Waals surface area contributed by atoms with Gasteiger partial charge in [0.1, 0.15) is 10.6 Å². The first-order chi connectivity index (χ1) is 8.27. The van der Waals surface area contributed by atoms with E-state index in [2.05, 4.69) is 4.72 Å². The molecule has 98 valence electrons. The fourth-order valence-corrected chi connectivity index (χ4v) is 2.46. The second-order valence-electron chi connectivity index (χ2n) is 3.86. The molecule has 1 aromatic rings. The Labute approximate surface area is 105 Å². The lowest BCUT2D eigenvalue weighted by Crippen LogP contribution is -2.27. The monoisotopic (exact) mass is 271 g/mol. The van der Waals surface area contributed by atoms with E-state index >= 15 is 0 Å². The van der Waals surface area contributed by atoms with Crippen LogP contribution in [-0.4, -0.2) is 30.6 Å². The van der Waals surface area contributed by atoms with Crippen LogP contribution in [0.4, 0.5) is 0 Å². The lowest BCUT2D eigenvalue weighted by molar-refractivity contribution is 0.0686. The predicted octanol–water partition coefficient (Wildman–Crippen LogP) is 0.161. The van der Waals surface area contributed by atoms with Gasteiger partial charge < -0.3 is 9.67 Å². The number of rotatable bonds is 5. The summed E-state index contributed by atoms with van der Waals surface area (Å²) in [5, 5.41) is 17.4. The number of nitrogens with one attached hydrogen (secondary N) is 1. The smallest absolute Gasteiger partial charge is 0.352 e. The summed E-state index contributed by atoms with van der Waals surface area (Å²) in [6.07, 6.45) is 1.21. The van der Waals surface area contributed by atoms with E-state index in [1.807, 2.05) is 6.07 Å². The quantitative estimate of drug-likeness (QED) is 0.792. The van der Waals surface area contributed by atoms with E-state index in [1.54, 1.807) is 6.92 Å². The lowest BCUT2D eigenvalue weighted by atomic mass is 10.2. The number of carboxylic acid groups (broad SMARTS) is 1. The van der Waals surface area contributed by atoms with E-state index in [9.17, 15) is 13.2 Å². The molecule has 0 bridgehead atoms. The van der Waals surface area contributed by atoms with Gasteiger partial charge in [0, 0.05) is 19.8 Å². The number of hydrogen-bond acceptors (Lipinski definition) is 4. The van der Waals surface area contributed by atoms with Gasteiger partial charge in [-0.25, -0.2) is 17.9 Å². The molecule has 0 amide bonds. The molecular formula is C10H13N3O4S. The minimum absolute atomic E-state index is 0.0177. The third kappa shape index (κ3) is 3.09. The second kappa shape index (κ2) is 5.20. The first-order valence-electron chi connectivity index (χ1n) is 5.07. The molecule has 1 atom stereocenters. The van der Waals surface area contributed by atoms with Crippen LogP contribution in [0.15, 0.2) is 17.2 Å². The highest BCUT2D eigenvalue weighted by Gasteiger charge is 2.20. The van der Waals surface area contributed by atoms with Crippen LogP contribution >= 0.6 is 0 Å². The maximum absolute atomic E-state index is 11.8. The summed E-state index contributed by atoms with van der Waals surface area (Å²) in [5.74, 6) is -1.66. The summed E-state index contributed by atoms with van der Waals surface area (Å²) >= 11 is 0. The normalized spacial score (nSPS) is 12.9. The molecular weight excluding hydrogens is 258 g/mol. The summed E-state index contributed by atoms with van der Waals surface area (Å²) in [7, 11) is -2.34. The molecule has 1 unspecified atom stereocenters. The fraction of sp³-hybridized carbons (Fsp3) is 0.400. The van der Waals surface area contributed by atoms with Crippen molar-refractivity contribution in [3.8, 4) is 6.07 Å². The summed E-state index contributed by atoms with van der Waals surface area (Å²) in [6, 6.07) is 2.97. The Morgan fingerprint density at radius 1 is 1.67 bits per heavy atom. The maximum Gasteiger partial charge on any atom is 0.352 e. The van der Waals surface area contributed by atoms with Crippen molar-refractivity contribution in [1.29, 1.82) is 5.26 Å². The van der Waals surface area contributed by atoms with Gasteiger partial charge in [-0.3, -0.25) is 0 Å². The third-order valence-electron chi connectivity index (χ3n) is 2.31. The average molecular weight is 271 g/mol. The van der Waals surface area contributed by atoms with Gasteiger partial charge in [0.25, 0.3) is 0 Å². The lowest BCUT2D eigenvalue weighted by Gasteiger charge is -2.05. The molecule has 0 saturated heterocycles. The second-order valence-corrected chi connectivity index (χ2v) is 5.63. The molecule has 0 spiro atoms. The Bertz CT molecular complexity index is 597. The van der Waals surface area contributed by atoms with Crippen molar-refractivity contribution in [2.24, 2.45) is 13.0 Å². The van der Waals surface area contributed by atoms with Crippen molar-refractivity contribution in [3.05, 3.63) is 18.0 Å². The molecule has 7 nitrogen and oxygen atoms in total. The first-order valence-corrected chi connectivity index (χ1v) is 6.55. The van der Waals surface area contributed by atoms with Gasteiger partial charge in [0.15, 0.2) is 0 Å². The minimum atomic E-state index is -3.79. The van der Waals surface area contributed by atoms with E-state index < -0.39 is 21.9 Å². The van der Waals surface area contributed by atoms with Gasteiger partial charge >= 0.3 is 5.97 Å². The molecule has 1 rings (SSSR count). The molecule has 0 radical (unpaired) electrons. The number of nitrogens with zero attached hydrogens (tertiary/aromatic N) is 2. The molecule has 18 heavy (non-hydrogen) atoms. The molecule has 0 aliphatic heterocycles. The standard InChI is InChI=1S/C10H13N3O4S/c1-7(4-11)5-12-18(16,17)8-3-9(10(14)15)13(2)6-8/h3,6-7,12H,5H2,1-2H3,(H,14,15). The van der Waals surface area contributed by atoms with Crippen LogP contribution in [-0.2, 0) is 17.1 Å². The van der Waals surface area contributed by atoms with E-state index in [1.165, 1.54) is 17.8 Å². The highest BCUT2D eigenvalue weighted by atomic mass is 32.2. The zero-order chi connectivity index (χ0) is 13.9. The number of aryl methyl sites for hydroxylation is 1. The van der Waals surface area contributed by atoms with E-state index in [0.29, 0.717) is 0 Å². The molecule has 0 saturated carbocycles. The number of carbonyl (C=O) groups is 1. The van der Waals surface area contributed by atoms with Crippen LogP contribution in [0.25, 0.3) is 0 Å². The van der Waals surface area contributed by atoms with Crippen molar-refractivity contribution in [2.45, 2.75) is 11.8 Å². The van der Waals surface area contributed by atoms with Gasteiger partial charge in [-0.15, -0.1) is 0 Å². The molecule has 2 N–H and O–H groups in total. The van der Waals surface area contributed by atoms with Crippen molar-refractivity contribution in [2.75, 3.05) is 6.54 Å². The van der Waals surface area contributed by atoms with E-state index in [0.717, 1.165) is 6.07 Å². The van der Waals surface area contributed by atoms with Crippen molar-refractivity contribution in [1.82, 2.24) is 9.29 Å². The fourth-order valence-electron chi connectivity index (χ4n) is 1.26. The largest absolute Gasteiger partial charge is 0.477 e. The van der Waals surface area contributed by atoms with Crippen molar-refractivity contribution >= 4 is 16.0 Å². The summed E-state index contributed by atoms with van der Waals surface area (Å²) < 4.78 is 27.1. The zero-order valence-electron chi connectivity index (χ0n) is 9.91. The topological polar surface area (TPSA) is 112 Å². The van der Waals surface area contributed by atoms with Crippen LogP contribution in [0.3, 0.4) is 0 Å². The maximum atomic E-state index is 11.8. The Balaban J connectivity index is 2.96. The molecule has 0 fully saturated rings. The SMILES string of the molecule is CC(C#N)CNS(=O)(=O)c1cc(C(=O)O)n(C)c1. The van der Waals surface area contributed by atoms with Gasteiger partial charge in [0.2, 0.25) is 10.0 Å². The highest BCUT2D eigenvalue weighted by molar-refractivity contribution is 7.89. The van der Waals surface area contributed by atoms with Gasteiger partial charge in [-0.05, 0) is 13.0 Å². The third-order valence-corrected chi connectivity index (χ3v) is 3.70. The zero-order valence-corrected chi connectivity index (χ0v) is 10.7. The van der Waals surface area contributed by atoms with Crippen molar-refractivity contribution in [3.63, 3.8) is 0 Å². The number of aromatic carboxylic acids is 1. The molecule has 0 aromatic carbocycles. The van der Waals surface area contributed by atoms with Crippen LogP contribution in [0, 0.1) is 17.2 Å². The van der Waals surface area contributed by atoms with Gasteiger partial charge in [0.05, 0.1) is 12.0 Å². The molecule has 1 heterocycles. The summed E-state index contributed by atoms with van der Waals surface area (Å²) in [4.78, 5) is 10.7. The number of aromatic nitrogens is 1. The van der Waals surface area contributed by atoms with E-state index in [-0.39, 0.29) is 17.1 Å². The van der Waals surface area contributed by atoms with Crippen molar-refractivity contribution < 1.29 is 18.3 Å². The van der Waals surface area contributed by atoms with Crippen LogP contribution in [0.1, 0.15) is 17.4 Å². The Hall–Kier alpha value is -1.85. The average Bonchev–Trinajstić information content (AvgIpc) is 2.69. The molecule has 0 aliphatic carbocycles. The minimum Gasteiger partial charge on any atom is -0.477 e. The van der Waals surface area contributed by atoms with Crippen LogP contribution in [0.5, 0.6) is 0 Å². The Kier molecular flexibility index (Phi) is 4.11. The summed E-state index contributed by atoms with van der Waals surface area (Å²) in [6.45, 7) is 1.56. The Morgan fingerprint density at radius 3 is 2.72 bits per heavy atom. The molecule has 1 aromatic heterocycles. The van der Waals surface area contributed by atoms with Crippen LogP contribution < -0.4 is 4.72 Å². The van der Waals surface area contributed by atoms with Gasteiger partial charge in [-0.1, -0.05) is 0 Å². The number of nitriles is 1. The van der Waals surface area contributed by atoms with E-state index in [4.69, 9.17) is 10.4 Å². The van der Waals surface area contributed by atoms with Crippen LogP contribution in [0.2, 0.25) is 0 Å². The highest BCUT2D eigenvalue weighted by Crippen LogP contribution is 2.13. The number of sulfonamides is 1.